The molecule has 0 spiro atoms. The maximum absolute atomic E-state index is 13.2. The molecule has 1 atom stereocenters. The van der Waals surface area contributed by atoms with Gasteiger partial charge < -0.3 is 14.5 Å². The molecule has 0 unspecified atom stereocenters. The van der Waals surface area contributed by atoms with Gasteiger partial charge in [0.25, 0.3) is 0 Å². The number of hydrogen-bond donors (Lipinski definition) is 2. The van der Waals surface area contributed by atoms with Crippen LogP contribution in [0, 0.1) is 17.2 Å². The summed E-state index contributed by atoms with van der Waals surface area (Å²) in [5.41, 5.74) is 3.93. The van der Waals surface area contributed by atoms with E-state index in [9.17, 15) is 14.9 Å². The Morgan fingerprint density at radius 3 is 2.35 bits per heavy atom. The first kappa shape index (κ1) is 26.7. The molecule has 1 aliphatic heterocycles. The summed E-state index contributed by atoms with van der Waals surface area (Å²) in [5.74, 6) is -0.357. The first-order valence-corrected chi connectivity index (χ1v) is 11.5. The molecule has 1 aliphatic rings. The van der Waals surface area contributed by atoms with Gasteiger partial charge in [0.15, 0.2) is 0 Å². The van der Waals surface area contributed by atoms with Crippen LogP contribution in [0.4, 0.5) is 0 Å². The molecule has 1 aromatic carbocycles. The number of carbonyl (C=O) groups is 2. The lowest BCUT2D eigenvalue weighted by molar-refractivity contribution is -0.141. The van der Waals surface area contributed by atoms with Crippen LogP contribution in [0.1, 0.15) is 31.7 Å². The lowest BCUT2D eigenvalue weighted by Gasteiger charge is -2.38. The fraction of sp³-hybridized carbons (Fsp3) is 0.423. The van der Waals surface area contributed by atoms with Crippen LogP contribution in [0.2, 0.25) is 0 Å². The van der Waals surface area contributed by atoms with Crippen molar-refractivity contribution in [3.05, 3.63) is 66.4 Å². The highest BCUT2D eigenvalue weighted by Crippen LogP contribution is 2.21. The highest BCUT2D eigenvalue weighted by molar-refractivity contribution is 5.85. The summed E-state index contributed by atoms with van der Waals surface area (Å²) in [5, 5.41) is 18.3. The minimum Gasteiger partial charge on any atom is -0.494 e. The van der Waals surface area contributed by atoms with E-state index in [1.165, 1.54) is 6.08 Å². The molecule has 34 heavy (non-hydrogen) atoms. The zero-order valence-corrected chi connectivity index (χ0v) is 19.8. The van der Waals surface area contributed by atoms with Crippen molar-refractivity contribution in [3.63, 3.8) is 0 Å². The number of hydrogen-bond acceptors (Lipinski definition) is 6. The standard InChI is InChI=1S/C26H34N4O4/c1-4-21(19-27)24(5-2)29-14-16-30(17-15-29)26(32)22(18-25(31)28-33)9-7-8-20-10-12-23(13-11-20)34-6-3/h4-5,10-13,22,33H,1-2,6-9,14-18H2,3H3,(H,28,31)/b24-21-/t22-/m1/s1. The second kappa shape index (κ2) is 13.9. The third kappa shape index (κ3) is 7.49. The van der Waals surface area contributed by atoms with E-state index in [-0.39, 0.29) is 12.3 Å². The number of rotatable bonds is 12. The van der Waals surface area contributed by atoms with Gasteiger partial charge >= 0.3 is 0 Å². The Bertz CT molecular complexity index is 925. The van der Waals surface area contributed by atoms with Crippen LogP contribution in [0.25, 0.3) is 0 Å². The van der Waals surface area contributed by atoms with Gasteiger partial charge in [-0.2, -0.15) is 5.26 Å². The highest BCUT2D eigenvalue weighted by atomic mass is 16.5. The number of piperazine rings is 1. The second-order valence-electron chi connectivity index (χ2n) is 8.04. The minimum absolute atomic E-state index is 0.0638. The topological polar surface area (TPSA) is 106 Å². The van der Waals surface area contributed by atoms with Crippen molar-refractivity contribution in [2.45, 2.75) is 32.6 Å². The summed E-state index contributed by atoms with van der Waals surface area (Å²) < 4.78 is 5.46. The first-order valence-electron chi connectivity index (χ1n) is 11.5. The van der Waals surface area contributed by atoms with Crippen molar-refractivity contribution in [3.8, 4) is 11.8 Å². The second-order valence-corrected chi connectivity index (χ2v) is 8.04. The molecule has 0 radical (unpaired) electrons. The van der Waals surface area contributed by atoms with Gasteiger partial charge in [-0.3, -0.25) is 14.8 Å². The van der Waals surface area contributed by atoms with Gasteiger partial charge in [-0.15, -0.1) is 0 Å². The van der Waals surface area contributed by atoms with Crippen molar-refractivity contribution in [2.24, 2.45) is 5.92 Å². The van der Waals surface area contributed by atoms with E-state index in [0.29, 0.717) is 50.5 Å². The van der Waals surface area contributed by atoms with Gasteiger partial charge in [-0.05, 0) is 56.0 Å². The zero-order valence-electron chi connectivity index (χ0n) is 19.8. The molecule has 1 saturated heterocycles. The van der Waals surface area contributed by atoms with E-state index in [1.54, 1.807) is 16.5 Å². The Labute approximate surface area is 201 Å². The Morgan fingerprint density at radius 2 is 1.82 bits per heavy atom. The number of nitrogens with zero attached hydrogens (tertiary/aromatic N) is 3. The van der Waals surface area contributed by atoms with Crippen molar-refractivity contribution >= 4 is 11.8 Å². The molecule has 2 N–H and O–H groups in total. The fourth-order valence-corrected chi connectivity index (χ4v) is 4.10. The first-order chi connectivity index (χ1) is 16.5. The van der Waals surface area contributed by atoms with Crippen molar-refractivity contribution in [2.75, 3.05) is 32.8 Å². The lowest BCUT2D eigenvalue weighted by Crippen LogP contribution is -2.50. The molecule has 1 heterocycles. The Hall–Kier alpha value is -3.57. The van der Waals surface area contributed by atoms with Crippen LogP contribution in [-0.2, 0) is 16.0 Å². The number of amides is 2. The Balaban J connectivity index is 1.98. The minimum atomic E-state index is -0.570. The summed E-state index contributed by atoms with van der Waals surface area (Å²) in [7, 11) is 0. The molecule has 0 saturated carbocycles. The van der Waals surface area contributed by atoms with E-state index < -0.39 is 11.8 Å². The normalized spacial score (nSPS) is 15.0. The van der Waals surface area contributed by atoms with Crippen LogP contribution in [0.5, 0.6) is 5.75 Å². The number of nitriles is 1. The van der Waals surface area contributed by atoms with E-state index in [1.807, 2.05) is 36.1 Å². The number of carbonyl (C=O) groups excluding carboxylic acids is 2. The fourth-order valence-electron chi connectivity index (χ4n) is 4.10. The molecule has 0 aromatic heterocycles. The lowest BCUT2D eigenvalue weighted by atomic mass is 9.94. The van der Waals surface area contributed by atoms with E-state index >= 15 is 0 Å². The predicted molar refractivity (Wildman–Crippen MR) is 130 cm³/mol. The summed E-state index contributed by atoms with van der Waals surface area (Å²) in [4.78, 5) is 28.8. The largest absolute Gasteiger partial charge is 0.494 e. The predicted octanol–water partition coefficient (Wildman–Crippen LogP) is 3.21. The van der Waals surface area contributed by atoms with Gasteiger partial charge in [-0.1, -0.05) is 25.3 Å². The molecule has 0 bridgehead atoms. The molecule has 2 amide bonds. The van der Waals surface area contributed by atoms with E-state index in [4.69, 9.17) is 9.94 Å². The average Bonchev–Trinajstić information content (AvgIpc) is 2.87. The summed E-state index contributed by atoms with van der Waals surface area (Å²) in [6, 6.07) is 9.98. The van der Waals surface area contributed by atoms with Crippen LogP contribution in [-0.4, -0.2) is 59.6 Å². The molecular formula is C26H34N4O4. The van der Waals surface area contributed by atoms with Crippen LogP contribution in [0.15, 0.2) is 60.8 Å². The number of benzene rings is 1. The highest BCUT2D eigenvalue weighted by Gasteiger charge is 2.29. The SMILES string of the molecule is C=C/C(C#N)=C(\C=C)N1CCN(C(=O)[C@H](CCCc2ccc(OCC)cc2)CC(=O)NO)CC1. The van der Waals surface area contributed by atoms with Crippen molar-refractivity contribution in [1.29, 1.82) is 5.26 Å². The number of hydroxylamine groups is 1. The molecule has 2 rings (SSSR count). The third-order valence-corrected chi connectivity index (χ3v) is 5.88. The quantitative estimate of drug-likeness (QED) is 0.212. The number of nitrogens with one attached hydrogen (secondary N) is 1. The molecule has 8 heteroatoms. The summed E-state index contributed by atoms with van der Waals surface area (Å²) in [6.07, 6.45) is 5.11. The number of aryl methyl sites for hydroxylation is 1. The molecule has 8 nitrogen and oxygen atoms in total. The third-order valence-electron chi connectivity index (χ3n) is 5.88. The van der Waals surface area contributed by atoms with E-state index in [0.717, 1.165) is 24.2 Å². The smallest absolute Gasteiger partial charge is 0.244 e. The van der Waals surface area contributed by atoms with Gasteiger partial charge in [0.05, 0.1) is 17.9 Å². The van der Waals surface area contributed by atoms with Crippen LogP contribution >= 0.6 is 0 Å². The van der Waals surface area contributed by atoms with Crippen LogP contribution < -0.4 is 10.2 Å². The number of allylic oxidation sites excluding steroid dienone is 3. The number of ether oxygens (including phenoxy) is 1. The van der Waals surface area contributed by atoms with Gasteiger partial charge in [0, 0.05) is 38.5 Å². The monoisotopic (exact) mass is 466 g/mol. The summed E-state index contributed by atoms with van der Waals surface area (Å²) in [6.45, 7) is 12.1. The van der Waals surface area contributed by atoms with Gasteiger partial charge in [0.1, 0.15) is 11.8 Å². The maximum Gasteiger partial charge on any atom is 0.244 e. The van der Waals surface area contributed by atoms with Gasteiger partial charge in [0.2, 0.25) is 11.8 Å². The Kier molecular flexibility index (Phi) is 10.9. The van der Waals surface area contributed by atoms with E-state index in [2.05, 4.69) is 19.2 Å². The average molecular weight is 467 g/mol. The summed E-state index contributed by atoms with van der Waals surface area (Å²) >= 11 is 0. The molecule has 182 valence electrons. The zero-order chi connectivity index (χ0) is 24.9. The van der Waals surface area contributed by atoms with Crippen molar-refractivity contribution in [1.82, 2.24) is 15.3 Å². The molecule has 1 aromatic rings. The molecule has 0 aliphatic carbocycles. The van der Waals surface area contributed by atoms with Crippen molar-refractivity contribution < 1.29 is 19.5 Å². The van der Waals surface area contributed by atoms with Gasteiger partial charge in [-0.25, -0.2) is 5.48 Å². The Morgan fingerprint density at radius 1 is 1.18 bits per heavy atom. The molecular weight excluding hydrogens is 432 g/mol. The molecule has 1 fully saturated rings. The van der Waals surface area contributed by atoms with Crippen LogP contribution in [0.3, 0.4) is 0 Å². The maximum atomic E-state index is 13.2.